The first-order chi connectivity index (χ1) is 15.2. The predicted molar refractivity (Wildman–Crippen MR) is 127 cm³/mol. The van der Waals surface area contributed by atoms with Crippen LogP contribution in [-0.2, 0) is 21.5 Å². The zero-order valence-electron chi connectivity index (χ0n) is 20.1. The van der Waals surface area contributed by atoms with Gasteiger partial charge in [0.15, 0.2) is 0 Å². The van der Waals surface area contributed by atoms with Crippen molar-refractivity contribution >= 4 is 23.4 Å². The Hall–Kier alpha value is -2.51. The average Bonchev–Trinajstić information content (AvgIpc) is 2.93. The Labute approximate surface area is 191 Å². The Bertz CT molecular complexity index is 965. The number of ether oxygens (including phenoxy) is 1. The second-order valence-corrected chi connectivity index (χ2v) is 9.76. The Kier molecular flexibility index (Phi) is 6.23. The van der Waals surface area contributed by atoms with E-state index in [2.05, 4.69) is 67.2 Å². The standard InChI is InChI=1S/C25H35N5O2/c1-7-16(2)30-22-21(25(5,6)23(30)31)12-26-24(28-22)27-20-10-8-19(9-11-20)15-29-13-17(3)32-18(4)14-29/h8-12,16-18H,7,13-15H2,1-6H3,(H,26,27,28)/t16-,17?,18?/m0/s1. The SMILES string of the molecule is CC[C@H](C)N1C(=O)C(C)(C)c2cnc(Nc3ccc(CN4CC(C)OC(C)C4)cc3)nc21. The van der Waals surface area contributed by atoms with Gasteiger partial charge in [0.05, 0.1) is 17.6 Å². The molecule has 2 aromatic rings. The van der Waals surface area contributed by atoms with Gasteiger partial charge in [-0.25, -0.2) is 4.98 Å². The monoisotopic (exact) mass is 437 g/mol. The highest BCUT2D eigenvalue weighted by molar-refractivity contribution is 6.07. The second-order valence-electron chi connectivity index (χ2n) is 9.76. The van der Waals surface area contributed by atoms with Gasteiger partial charge >= 0.3 is 0 Å². The minimum atomic E-state index is -0.604. The van der Waals surface area contributed by atoms with E-state index in [-0.39, 0.29) is 24.2 Å². The molecular formula is C25H35N5O2. The number of anilines is 3. The fourth-order valence-corrected chi connectivity index (χ4v) is 4.66. The number of carbonyl (C=O) groups excluding carboxylic acids is 1. The molecule has 7 nitrogen and oxygen atoms in total. The average molecular weight is 438 g/mol. The van der Waals surface area contributed by atoms with Crippen molar-refractivity contribution in [3.8, 4) is 0 Å². The number of hydrogen-bond donors (Lipinski definition) is 1. The summed E-state index contributed by atoms with van der Waals surface area (Å²) in [5.74, 6) is 1.31. The van der Waals surface area contributed by atoms with Gasteiger partial charge in [0.1, 0.15) is 5.82 Å². The molecule has 172 valence electrons. The van der Waals surface area contributed by atoms with E-state index in [1.807, 2.05) is 18.7 Å². The van der Waals surface area contributed by atoms with Crippen molar-refractivity contribution in [3.05, 3.63) is 41.6 Å². The molecule has 1 aromatic heterocycles. The molecule has 32 heavy (non-hydrogen) atoms. The van der Waals surface area contributed by atoms with E-state index in [9.17, 15) is 4.79 Å². The third kappa shape index (κ3) is 4.36. The van der Waals surface area contributed by atoms with Gasteiger partial charge in [0.2, 0.25) is 11.9 Å². The van der Waals surface area contributed by atoms with Crippen LogP contribution in [0, 0.1) is 0 Å². The van der Waals surface area contributed by atoms with E-state index < -0.39 is 5.41 Å². The van der Waals surface area contributed by atoms with Gasteiger partial charge in [0, 0.05) is 43.1 Å². The van der Waals surface area contributed by atoms with Crippen molar-refractivity contribution < 1.29 is 9.53 Å². The summed E-state index contributed by atoms with van der Waals surface area (Å²) in [5, 5.41) is 3.30. The summed E-state index contributed by atoms with van der Waals surface area (Å²) >= 11 is 0. The van der Waals surface area contributed by atoms with Crippen LogP contribution in [-0.4, -0.2) is 52.1 Å². The third-order valence-corrected chi connectivity index (χ3v) is 6.57. The first-order valence-corrected chi connectivity index (χ1v) is 11.6. The number of carbonyl (C=O) groups is 1. The van der Waals surface area contributed by atoms with Gasteiger partial charge in [0.25, 0.3) is 0 Å². The number of hydrogen-bond acceptors (Lipinski definition) is 6. The topological polar surface area (TPSA) is 70.6 Å². The summed E-state index contributed by atoms with van der Waals surface area (Å²) in [7, 11) is 0. The maximum absolute atomic E-state index is 13.0. The van der Waals surface area contributed by atoms with Gasteiger partial charge in [-0.2, -0.15) is 4.98 Å². The number of nitrogens with zero attached hydrogens (tertiary/aromatic N) is 4. The van der Waals surface area contributed by atoms with Crippen LogP contribution in [0.15, 0.2) is 30.5 Å². The van der Waals surface area contributed by atoms with Crippen LogP contribution in [0.4, 0.5) is 17.5 Å². The van der Waals surface area contributed by atoms with Crippen LogP contribution >= 0.6 is 0 Å². The predicted octanol–water partition coefficient (Wildman–Crippen LogP) is 4.25. The number of rotatable bonds is 6. The minimum Gasteiger partial charge on any atom is -0.373 e. The molecule has 1 fully saturated rings. The Morgan fingerprint density at radius 1 is 1.19 bits per heavy atom. The molecule has 1 saturated heterocycles. The number of fused-ring (bicyclic) bond motifs is 1. The van der Waals surface area contributed by atoms with Crippen LogP contribution < -0.4 is 10.2 Å². The highest BCUT2D eigenvalue weighted by atomic mass is 16.5. The molecule has 2 aliphatic rings. The van der Waals surface area contributed by atoms with Crippen molar-refractivity contribution in [3.63, 3.8) is 0 Å². The molecule has 0 saturated carbocycles. The van der Waals surface area contributed by atoms with Crippen LogP contribution in [0.1, 0.15) is 59.1 Å². The molecule has 3 heterocycles. The molecule has 0 radical (unpaired) electrons. The van der Waals surface area contributed by atoms with Crippen molar-refractivity contribution in [2.24, 2.45) is 0 Å². The summed E-state index contributed by atoms with van der Waals surface area (Å²) in [6.07, 6.45) is 3.20. The van der Waals surface area contributed by atoms with Gasteiger partial charge in [-0.05, 0) is 58.7 Å². The minimum absolute atomic E-state index is 0.0874. The van der Waals surface area contributed by atoms with Crippen molar-refractivity contribution in [2.75, 3.05) is 23.3 Å². The largest absolute Gasteiger partial charge is 0.373 e. The molecule has 2 unspecified atom stereocenters. The summed E-state index contributed by atoms with van der Waals surface area (Å²) in [5.41, 5.74) is 2.48. The van der Waals surface area contributed by atoms with E-state index in [1.54, 1.807) is 6.20 Å². The van der Waals surface area contributed by atoms with E-state index >= 15 is 0 Å². The lowest BCUT2D eigenvalue weighted by molar-refractivity contribution is -0.122. The smallest absolute Gasteiger partial charge is 0.238 e. The normalized spacial score (nSPS) is 23.8. The van der Waals surface area contributed by atoms with Crippen LogP contribution in [0.2, 0.25) is 0 Å². The Morgan fingerprint density at radius 3 is 2.47 bits per heavy atom. The maximum atomic E-state index is 13.0. The fourth-order valence-electron chi connectivity index (χ4n) is 4.66. The number of benzene rings is 1. The first kappa shape index (κ1) is 22.7. The third-order valence-electron chi connectivity index (χ3n) is 6.57. The number of nitrogens with one attached hydrogen (secondary N) is 1. The van der Waals surface area contributed by atoms with Crippen molar-refractivity contribution in [1.82, 2.24) is 14.9 Å². The van der Waals surface area contributed by atoms with E-state index in [0.29, 0.717) is 5.95 Å². The molecule has 0 bridgehead atoms. The molecular weight excluding hydrogens is 402 g/mol. The lowest BCUT2D eigenvalue weighted by Gasteiger charge is -2.35. The fraction of sp³-hybridized carbons (Fsp3) is 0.560. The Balaban J connectivity index is 1.48. The molecule has 1 aromatic carbocycles. The highest BCUT2D eigenvalue weighted by Crippen LogP contribution is 2.41. The summed E-state index contributed by atoms with van der Waals surface area (Å²) < 4.78 is 5.83. The lowest BCUT2D eigenvalue weighted by Crippen LogP contribution is -2.44. The summed E-state index contributed by atoms with van der Waals surface area (Å²) in [4.78, 5) is 26.5. The van der Waals surface area contributed by atoms with Crippen molar-refractivity contribution in [2.45, 2.75) is 78.2 Å². The molecule has 2 aliphatic heterocycles. The second kappa shape index (κ2) is 8.79. The summed E-state index contributed by atoms with van der Waals surface area (Å²) in [6.45, 7) is 15.1. The molecule has 1 N–H and O–H groups in total. The van der Waals surface area contributed by atoms with E-state index in [1.165, 1.54) is 5.56 Å². The van der Waals surface area contributed by atoms with Crippen LogP contribution in [0.25, 0.3) is 0 Å². The number of amides is 1. The molecule has 4 rings (SSSR count). The quantitative estimate of drug-likeness (QED) is 0.728. The van der Waals surface area contributed by atoms with Crippen LogP contribution in [0.3, 0.4) is 0 Å². The molecule has 0 spiro atoms. The zero-order valence-corrected chi connectivity index (χ0v) is 20.1. The number of aromatic nitrogens is 2. The van der Waals surface area contributed by atoms with Gasteiger partial charge < -0.3 is 10.1 Å². The van der Waals surface area contributed by atoms with Gasteiger partial charge in [-0.1, -0.05) is 19.1 Å². The van der Waals surface area contributed by atoms with Gasteiger partial charge in [-0.3, -0.25) is 14.6 Å². The Morgan fingerprint density at radius 2 is 1.84 bits per heavy atom. The van der Waals surface area contributed by atoms with Crippen molar-refractivity contribution in [1.29, 1.82) is 0 Å². The molecule has 7 heteroatoms. The van der Waals surface area contributed by atoms with E-state index in [4.69, 9.17) is 9.72 Å². The summed E-state index contributed by atoms with van der Waals surface area (Å²) in [6, 6.07) is 8.48. The van der Waals surface area contributed by atoms with Gasteiger partial charge in [-0.15, -0.1) is 0 Å². The first-order valence-electron chi connectivity index (χ1n) is 11.6. The molecule has 0 aliphatic carbocycles. The lowest BCUT2D eigenvalue weighted by atomic mass is 9.88. The molecule has 3 atom stereocenters. The number of morpholine rings is 1. The maximum Gasteiger partial charge on any atom is 0.238 e. The van der Waals surface area contributed by atoms with E-state index in [0.717, 1.165) is 43.1 Å². The zero-order chi connectivity index (χ0) is 23.0. The van der Waals surface area contributed by atoms with Crippen LogP contribution in [0.5, 0.6) is 0 Å². The highest BCUT2D eigenvalue weighted by Gasteiger charge is 2.46. The molecule has 1 amide bonds.